The van der Waals surface area contributed by atoms with Gasteiger partial charge in [0, 0.05) is 18.8 Å². The summed E-state index contributed by atoms with van der Waals surface area (Å²) in [5.74, 6) is 0.781. The van der Waals surface area contributed by atoms with E-state index in [9.17, 15) is 4.79 Å². The minimum atomic E-state index is -0.482. The molecule has 3 N–H and O–H groups in total. The quantitative estimate of drug-likeness (QED) is 0.701. The number of benzene rings is 1. The van der Waals surface area contributed by atoms with E-state index in [0.29, 0.717) is 19.2 Å². The zero-order valence-electron chi connectivity index (χ0n) is 13.4. The van der Waals surface area contributed by atoms with Gasteiger partial charge >= 0.3 is 6.09 Å². The van der Waals surface area contributed by atoms with Crippen molar-refractivity contribution in [2.45, 2.75) is 32.4 Å². The van der Waals surface area contributed by atoms with E-state index in [1.165, 1.54) is 0 Å². The van der Waals surface area contributed by atoms with Gasteiger partial charge in [-0.05, 0) is 45.0 Å². The van der Waals surface area contributed by atoms with E-state index in [2.05, 4.69) is 16.0 Å². The SMILES string of the molecule is CC(C)(C)OC(=O)NCCOc1ccc(NC2CNC2)cc1. The minimum absolute atomic E-state index is 0.401. The van der Waals surface area contributed by atoms with Crippen molar-refractivity contribution in [2.75, 3.05) is 31.6 Å². The Labute approximate surface area is 131 Å². The van der Waals surface area contributed by atoms with E-state index in [-0.39, 0.29) is 0 Å². The van der Waals surface area contributed by atoms with E-state index in [4.69, 9.17) is 9.47 Å². The third-order valence-corrected chi connectivity index (χ3v) is 3.05. The van der Waals surface area contributed by atoms with Crippen LogP contribution in [0.4, 0.5) is 10.5 Å². The van der Waals surface area contributed by atoms with E-state index in [1.54, 1.807) is 0 Å². The molecule has 1 heterocycles. The molecule has 1 aromatic rings. The smallest absolute Gasteiger partial charge is 0.407 e. The van der Waals surface area contributed by atoms with Gasteiger partial charge in [-0.25, -0.2) is 4.79 Å². The fourth-order valence-corrected chi connectivity index (χ4v) is 1.91. The van der Waals surface area contributed by atoms with E-state index < -0.39 is 11.7 Å². The molecule has 1 aromatic carbocycles. The van der Waals surface area contributed by atoms with Crippen LogP contribution in [0.3, 0.4) is 0 Å². The lowest BCUT2D eigenvalue weighted by Crippen LogP contribution is -2.51. The first kappa shape index (κ1) is 16.4. The average Bonchev–Trinajstić information content (AvgIpc) is 2.38. The maximum absolute atomic E-state index is 11.4. The van der Waals surface area contributed by atoms with Gasteiger partial charge in [-0.1, -0.05) is 0 Å². The van der Waals surface area contributed by atoms with Gasteiger partial charge in [0.1, 0.15) is 18.0 Å². The van der Waals surface area contributed by atoms with E-state index >= 15 is 0 Å². The van der Waals surface area contributed by atoms with Crippen molar-refractivity contribution in [1.29, 1.82) is 0 Å². The molecule has 0 spiro atoms. The maximum Gasteiger partial charge on any atom is 0.407 e. The van der Waals surface area contributed by atoms with Crippen LogP contribution in [0.25, 0.3) is 0 Å². The van der Waals surface area contributed by atoms with Crippen molar-refractivity contribution in [1.82, 2.24) is 10.6 Å². The van der Waals surface area contributed by atoms with E-state index in [0.717, 1.165) is 24.5 Å². The predicted molar refractivity (Wildman–Crippen MR) is 86.5 cm³/mol. The topological polar surface area (TPSA) is 71.6 Å². The molecular weight excluding hydrogens is 282 g/mol. The maximum atomic E-state index is 11.4. The highest BCUT2D eigenvalue weighted by molar-refractivity contribution is 5.67. The number of amides is 1. The Kier molecular flexibility index (Phi) is 5.49. The van der Waals surface area contributed by atoms with Crippen LogP contribution in [0.15, 0.2) is 24.3 Å². The number of carbonyl (C=O) groups is 1. The number of ether oxygens (including phenoxy) is 2. The number of hydrogen-bond acceptors (Lipinski definition) is 5. The zero-order valence-corrected chi connectivity index (χ0v) is 13.4. The lowest BCUT2D eigenvalue weighted by molar-refractivity contribution is 0.0520. The molecule has 1 aliphatic heterocycles. The van der Waals surface area contributed by atoms with Crippen LogP contribution in [0.5, 0.6) is 5.75 Å². The molecule has 1 saturated heterocycles. The second-order valence-electron chi connectivity index (χ2n) is 6.30. The van der Waals surface area contributed by atoms with E-state index in [1.807, 2.05) is 45.0 Å². The first-order chi connectivity index (χ1) is 10.4. The Morgan fingerprint density at radius 2 is 1.95 bits per heavy atom. The summed E-state index contributed by atoms with van der Waals surface area (Å²) in [6.45, 7) is 8.32. The number of rotatable bonds is 6. The highest BCUT2D eigenvalue weighted by Gasteiger charge is 2.16. The van der Waals surface area contributed by atoms with Gasteiger partial charge in [-0.2, -0.15) is 0 Å². The summed E-state index contributed by atoms with van der Waals surface area (Å²) in [7, 11) is 0. The fourth-order valence-electron chi connectivity index (χ4n) is 1.91. The molecule has 2 rings (SSSR count). The van der Waals surface area contributed by atoms with Crippen LogP contribution >= 0.6 is 0 Å². The number of nitrogens with one attached hydrogen (secondary N) is 3. The molecule has 6 nitrogen and oxygen atoms in total. The minimum Gasteiger partial charge on any atom is -0.492 e. The molecule has 0 atom stereocenters. The Morgan fingerprint density at radius 1 is 1.27 bits per heavy atom. The molecule has 0 aliphatic carbocycles. The number of anilines is 1. The Balaban J connectivity index is 1.63. The summed E-state index contributed by atoms with van der Waals surface area (Å²) in [5, 5.41) is 9.29. The molecular formula is C16H25N3O3. The highest BCUT2D eigenvalue weighted by Crippen LogP contribution is 2.17. The molecule has 122 valence electrons. The first-order valence-electron chi connectivity index (χ1n) is 7.59. The lowest BCUT2D eigenvalue weighted by Gasteiger charge is -2.29. The fraction of sp³-hybridized carbons (Fsp3) is 0.562. The van der Waals surface area contributed by atoms with Crippen LogP contribution in [-0.4, -0.2) is 44.0 Å². The number of alkyl carbamates (subject to hydrolysis) is 1. The molecule has 1 amide bonds. The second kappa shape index (κ2) is 7.35. The third-order valence-electron chi connectivity index (χ3n) is 3.05. The third kappa shape index (κ3) is 5.81. The summed E-state index contributed by atoms with van der Waals surface area (Å²) in [5.41, 5.74) is 0.606. The van der Waals surface area contributed by atoms with Gasteiger partial charge in [0.05, 0.1) is 12.6 Å². The molecule has 0 saturated carbocycles. The van der Waals surface area contributed by atoms with Crippen molar-refractivity contribution in [2.24, 2.45) is 0 Å². The molecule has 0 unspecified atom stereocenters. The number of carbonyl (C=O) groups excluding carboxylic acids is 1. The predicted octanol–water partition coefficient (Wildman–Crippen LogP) is 1.97. The first-order valence-corrected chi connectivity index (χ1v) is 7.59. The number of hydrogen-bond donors (Lipinski definition) is 3. The molecule has 6 heteroatoms. The van der Waals surface area contributed by atoms with Crippen molar-refractivity contribution >= 4 is 11.8 Å². The second-order valence-corrected chi connectivity index (χ2v) is 6.30. The Bertz CT molecular complexity index is 478. The summed E-state index contributed by atoms with van der Waals surface area (Å²) in [6.07, 6.45) is -0.426. The van der Waals surface area contributed by atoms with Gasteiger partial charge in [0.2, 0.25) is 0 Å². The van der Waals surface area contributed by atoms with Crippen LogP contribution in [0.2, 0.25) is 0 Å². The van der Waals surface area contributed by atoms with Crippen molar-refractivity contribution < 1.29 is 14.3 Å². The molecule has 22 heavy (non-hydrogen) atoms. The summed E-state index contributed by atoms with van der Waals surface area (Å²) in [6, 6.07) is 8.35. The summed E-state index contributed by atoms with van der Waals surface area (Å²) < 4.78 is 10.7. The van der Waals surface area contributed by atoms with Gasteiger partial charge in [-0.15, -0.1) is 0 Å². The largest absolute Gasteiger partial charge is 0.492 e. The highest BCUT2D eigenvalue weighted by atomic mass is 16.6. The monoisotopic (exact) mass is 307 g/mol. The van der Waals surface area contributed by atoms with Crippen LogP contribution < -0.4 is 20.7 Å². The molecule has 0 radical (unpaired) electrons. The lowest BCUT2D eigenvalue weighted by atomic mass is 10.1. The van der Waals surface area contributed by atoms with Gasteiger partial charge in [-0.3, -0.25) is 0 Å². The van der Waals surface area contributed by atoms with Crippen LogP contribution in [0.1, 0.15) is 20.8 Å². The van der Waals surface area contributed by atoms with Crippen molar-refractivity contribution in [3.8, 4) is 5.75 Å². The normalized spacial score (nSPS) is 14.9. The van der Waals surface area contributed by atoms with Gasteiger partial charge in [0.25, 0.3) is 0 Å². The van der Waals surface area contributed by atoms with Gasteiger partial charge in [0.15, 0.2) is 0 Å². The summed E-state index contributed by atoms with van der Waals surface area (Å²) in [4.78, 5) is 11.4. The van der Waals surface area contributed by atoms with Crippen LogP contribution in [0, 0.1) is 0 Å². The molecule has 1 fully saturated rings. The van der Waals surface area contributed by atoms with Crippen LogP contribution in [-0.2, 0) is 4.74 Å². The molecule has 0 bridgehead atoms. The standard InChI is InChI=1S/C16H25N3O3/c1-16(2,3)22-15(20)18-8-9-21-14-6-4-12(5-7-14)19-13-10-17-11-13/h4-7,13,17,19H,8-11H2,1-3H3,(H,18,20). The Hall–Kier alpha value is -1.95. The average molecular weight is 307 g/mol. The zero-order chi connectivity index (χ0) is 16.0. The Morgan fingerprint density at radius 3 is 2.50 bits per heavy atom. The molecule has 0 aromatic heterocycles. The molecule has 1 aliphatic rings. The van der Waals surface area contributed by atoms with Crippen molar-refractivity contribution in [3.05, 3.63) is 24.3 Å². The summed E-state index contributed by atoms with van der Waals surface area (Å²) >= 11 is 0. The van der Waals surface area contributed by atoms with Crippen molar-refractivity contribution in [3.63, 3.8) is 0 Å². The van der Waals surface area contributed by atoms with Gasteiger partial charge < -0.3 is 25.4 Å².